The lowest BCUT2D eigenvalue weighted by Crippen LogP contribution is -2.52. The molecule has 1 fully saturated rings. The zero-order chi connectivity index (χ0) is 19.3. The number of hydrogen-bond acceptors (Lipinski definition) is 5. The van der Waals surface area contributed by atoms with Crippen molar-refractivity contribution in [2.24, 2.45) is 0 Å². The molecule has 1 aromatic rings. The molecule has 2 amide bonds. The van der Waals surface area contributed by atoms with Gasteiger partial charge in [-0.3, -0.25) is 4.79 Å². The van der Waals surface area contributed by atoms with Crippen LogP contribution >= 0.6 is 0 Å². The fourth-order valence-corrected chi connectivity index (χ4v) is 2.74. The highest BCUT2D eigenvalue weighted by atomic mass is 16.6. The van der Waals surface area contributed by atoms with Gasteiger partial charge in [-0.15, -0.1) is 0 Å². The maximum atomic E-state index is 12.6. The van der Waals surface area contributed by atoms with Crippen molar-refractivity contribution in [2.75, 3.05) is 40.4 Å². The van der Waals surface area contributed by atoms with Crippen molar-refractivity contribution in [3.63, 3.8) is 0 Å². The number of hydrogen-bond donors (Lipinski definition) is 0. The van der Waals surface area contributed by atoms with E-state index in [0.29, 0.717) is 37.7 Å². The Morgan fingerprint density at radius 3 is 2.15 bits per heavy atom. The fraction of sp³-hybridized carbons (Fsp3) is 0.579. The second kappa shape index (κ2) is 8.29. The minimum absolute atomic E-state index is 0.0114. The Morgan fingerprint density at radius 2 is 1.62 bits per heavy atom. The van der Waals surface area contributed by atoms with Crippen LogP contribution in [0.5, 0.6) is 11.5 Å². The minimum atomic E-state index is -0.519. The van der Waals surface area contributed by atoms with Crippen molar-refractivity contribution >= 4 is 12.0 Å². The lowest BCUT2D eigenvalue weighted by atomic mass is 10.1. The molecule has 1 heterocycles. The molecular formula is C19H28N2O5. The van der Waals surface area contributed by atoms with E-state index in [-0.39, 0.29) is 18.4 Å². The van der Waals surface area contributed by atoms with Crippen LogP contribution in [0.1, 0.15) is 26.3 Å². The number of piperazine rings is 1. The average Bonchev–Trinajstić information content (AvgIpc) is 2.60. The Bertz CT molecular complexity index is 646. The number of rotatable bonds is 4. The smallest absolute Gasteiger partial charge is 0.410 e. The van der Waals surface area contributed by atoms with Crippen molar-refractivity contribution in [2.45, 2.75) is 32.8 Å². The maximum absolute atomic E-state index is 12.6. The van der Waals surface area contributed by atoms with Crippen molar-refractivity contribution < 1.29 is 23.8 Å². The molecule has 1 aliphatic heterocycles. The van der Waals surface area contributed by atoms with Crippen molar-refractivity contribution in [1.29, 1.82) is 0 Å². The molecular weight excluding hydrogens is 336 g/mol. The van der Waals surface area contributed by atoms with E-state index in [1.807, 2.05) is 32.9 Å². The highest BCUT2D eigenvalue weighted by molar-refractivity contribution is 5.80. The second-order valence-electron chi connectivity index (χ2n) is 7.20. The van der Waals surface area contributed by atoms with Crippen molar-refractivity contribution in [3.05, 3.63) is 23.8 Å². The molecule has 0 saturated carbocycles. The molecule has 1 aliphatic rings. The van der Waals surface area contributed by atoms with Crippen LogP contribution < -0.4 is 9.47 Å². The van der Waals surface area contributed by atoms with Crippen LogP contribution in [0.25, 0.3) is 0 Å². The van der Waals surface area contributed by atoms with Gasteiger partial charge in [0.25, 0.3) is 0 Å². The van der Waals surface area contributed by atoms with Crippen LogP contribution in [-0.2, 0) is 16.0 Å². The van der Waals surface area contributed by atoms with Gasteiger partial charge in [0.15, 0.2) is 0 Å². The number of carbonyl (C=O) groups excluding carboxylic acids is 2. The Kier molecular flexibility index (Phi) is 6.34. The molecule has 7 nitrogen and oxygen atoms in total. The molecule has 0 N–H and O–H groups in total. The molecule has 0 aliphatic carbocycles. The fourth-order valence-electron chi connectivity index (χ4n) is 2.74. The normalized spacial score (nSPS) is 14.8. The number of nitrogens with zero attached hydrogens (tertiary/aromatic N) is 2. The largest absolute Gasteiger partial charge is 0.497 e. The highest BCUT2D eigenvalue weighted by Crippen LogP contribution is 2.25. The van der Waals surface area contributed by atoms with E-state index >= 15 is 0 Å². The number of methoxy groups -OCH3 is 2. The Morgan fingerprint density at radius 1 is 1.00 bits per heavy atom. The first kappa shape index (κ1) is 19.9. The van der Waals surface area contributed by atoms with Crippen LogP contribution in [-0.4, -0.2) is 67.8 Å². The van der Waals surface area contributed by atoms with Gasteiger partial charge in [0.1, 0.15) is 17.1 Å². The zero-order valence-corrected chi connectivity index (χ0v) is 16.2. The van der Waals surface area contributed by atoms with E-state index in [1.165, 1.54) is 0 Å². The third-order valence-corrected chi connectivity index (χ3v) is 4.12. The van der Waals surface area contributed by atoms with Gasteiger partial charge in [-0.25, -0.2) is 4.79 Å². The molecule has 1 aromatic carbocycles. The van der Waals surface area contributed by atoms with E-state index in [9.17, 15) is 9.59 Å². The van der Waals surface area contributed by atoms with Crippen LogP contribution in [0.3, 0.4) is 0 Å². The van der Waals surface area contributed by atoms with Crippen LogP contribution in [0.15, 0.2) is 18.2 Å². The van der Waals surface area contributed by atoms with E-state index in [4.69, 9.17) is 14.2 Å². The average molecular weight is 364 g/mol. The molecule has 1 saturated heterocycles. The monoisotopic (exact) mass is 364 g/mol. The lowest BCUT2D eigenvalue weighted by molar-refractivity contribution is -0.132. The summed E-state index contributed by atoms with van der Waals surface area (Å²) in [6, 6.07) is 5.42. The second-order valence-corrected chi connectivity index (χ2v) is 7.20. The van der Waals surface area contributed by atoms with Gasteiger partial charge >= 0.3 is 6.09 Å². The summed E-state index contributed by atoms with van der Waals surface area (Å²) in [5.41, 5.74) is 0.294. The molecule has 7 heteroatoms. The molecule has 0 aromatic heterocycles. The first-order chi connectivity index (χ1) is 12.2. The summed E-state index contributed by atoms with van der Waals surface area (Å²) in [7, 11) is 3.16. The first-order valence-corrected chi connectivity index (χ1v) is 8.70. The summed E-state index contributed by atoms with van der Waals surface area (Å²) in [6.45, 7) is 7.46. The standard InChI is InChI=1S/C19H28N2O5/c1-19(2,3)26-18(23)21-10-8-20(9-11-21)17(22)12-14-6-7-15(24-4)13-16(14)25-5/h6-7,13H,8-12H2,1-5H3. The molecule has 2 rings (SSSR count). The van der Waals surface area contributed by atoms with Gasteiger partial charge in [-0.1, -0.05) is 6.07 Å². The third kappa shape index (κ3) is 5.28. The molecule has 144 valence electrons. The Hall–Kier alpha value is -2.44. The van der Waals surface area contributed by atoms with Gasteiger partial charge in [-0.05, 0) is 26.8 Å². The SMILES string of the molecule is COc1ccc(CC(=O)N2CCN(C(=O)OC(C)(C)C)CC2)c(OC)c1. The molecule has 0 unspecified atom stereocenters. The van der Waals surface area contributed by atoms with Gasteiger partial charge in [0, 0.05) is 37.8 Å². The summed E-state index contributed by atoms with van der Waals surface area (Å²) >= 11 is 0. The van der Waals surface area contributed by atoms with Crippen molar-refractivity contribution in [1.82, 2.24) is 9.80 Å². The molecule has 0 atom stereocenters. The van der Waals surface area contributed by atoms with Crippen LogP contribution in [0.4, 0.5) is 4.79 Å². The summed E-state index contributed by atoms with van der Waals surface area (Å²) in [5, 5.41) is 0. The summed E-state index contributed by atoms with van der Waals surface area (Å²) < 4.78 is 15.9. The van der Waals surface area contributed by atoms with Gasteiger partial charge in [0.2, 0.25) is 5.91 Å². The zero-order valence-electron chi connectivity index (χ0n) is 16.2. The first-order valence-electron chi connectivity index (χ1n) is 8.70. The third-order valence-electron chi connectivity index (χ3n) is 4.12. The van der Waals surface area contributed by atoms with E-state index in [1.54, 1.807) is 30.1 Å². The Balaban J connectivity index is 1.92. The molecule has 26 heavy (non-hydrogen) atoms. The van der Waals surface area contributed by atoms with Crippen molar-refractivity contribution in [3.8, 4) is 11.5 Å². The summed E-state index contributed by atoms with van der Waals surface area (Å²) in [4.78, 5) is 28.1. The van der Waals surface area contributed by atoms with Crippen LogP contribution in [0, 0.1) is 0 Å². The summed E-state index contributed by atoms with van der Waals surface area (Å²) in [5.74, 6) is 1.33. The maximum Gasteiger partial charge on any atom is 0.410 e. The van der Waals surface area contributed by atoms with Gasteiger partial charge < -0.3 is 24.0 Å². The Labute approximate surface area is 154 Å². The number of amides is 2. The van der Waals surface area contributed by atoms with E-state index in [2.05, 4.69) is 0 Å². The van der Waals surface area contributed by atoms with E-state index < -0.39 is 5.60 Å². The van der Waals surface area contributed by atoms with Gasteiger partial charge in [0.05, 0.1) is 20.6 Å². The molecule has 0 radical (unpaired) electrons. The molecule has 0 bridgehead atoms. The summed E-state index contributed by atoms with van der Waals surface area (Å²) in [6.07, 6.45) is -0.0824. The van der Waals surface area contributed by atoms with Gasteiger partial charge in [-0.2, -0.15) is 0 Å². The minimum Gasteiger partial charge on any atom is -0.497 e. The molecule has 0 spiro atoms. The van der Waals surface area contributed by atoms with E-state index in [0.717, 1.165) is 5.56 Å². The predicted octanol–water partition coefficient (Wildman–Crippen LogP) is 2.33. The lowest BCUT2D eigenvalue weighted by Gasteiger charge is -2.35. The van der Waals surface area contributed by atoms with Crippen LogP contribution in [0.2, 0.25) is 0 Å². The topological polar surface area (TPSA) is 68.3 Å². The quantitative estimate of drug-likeness (QED) is 0.820. The number of benzene rings is 1. The number of ether oxygens (including phenoxy) is 3. The highest BCUT2D eigenvalue weighted by Gasteiger charge is 2.27. The number of carbonyl (C=O) groups is 2. The predicted molar refractivity (Wildman–Crippen MR) is 97.6 cm³/mol.